The molecule has 6 heteroatoms. The predicted octanol–water partition coefficient (Wildman–Crippen LogP) is 0.477. The Morgan fingerprint density at radius 1 is 1.62 bits per heavy atom. The zero-order valence-electron chi connectivity index (χ0n) is 8.56. The van der Waals surface area contributed by atoms with Crippen LogP contribution in [0.25, 0.3) is 0 Å². The van der Waals surface area contributed by atoms with E-state index in [1.165, 1.54) is 19.1 Å². The fourth-order valence-corrected chi connectivity index (χ4v) is 0.871. The summed E-state index contributed by atoms with van der Waals surface area (Å²) in [7, 11) is 0. The Hall–Kier alpha value is -2.42. The van der Waals surface area contributed by atoms with E-state index in [1.54, 1.807) is 0 Å². The highest BCUT2D eigenvalue weighted by Crippen LogP contribution is 2.07. The Morgan fingerprint density at radius 3 is 2.88 bits per heavy atom. The molecule has 0 unspecified atom stereocenters. The maximum Gasteiger partial charge on any atom is 0.287 e. The molecule has 1 aromatic rings. The van der Waals surface area contributed by atoms with Crippen LogP contribution in [0.15, 0.2) is 18.3 Å². The fourth-order valence-electron chi connectivity index (χ4n) is 0.871. The number of rotatable bonds is 2. The lowest BCUT2D eigenvalue weighted by Gasteiger charge is -1.92. The summed E-state index contributed by atoms with van der Waals surface area (Å²) >= 11 is 0. The largest absolute Gasteiger partial charge is 0.345 e. The zero-order chi connectivity index (χ0) is 12.0. The molecule has 1 heterocycles. The van der Waals surface area contributed by atoms with Gasteiger partial charge in [-0.15, -0.1) is 0 Å². The molecular formula is C10H9N3O3. The molecule has 0 aliphatic rings. The number of nitrogens with one attached hydrogen (secondary N) is 1. The second-order valence-corrected chi connectivity index (χ2v) is 2.87. The molecule has 0 fully saturated rings. The average Bonchev–Trinajstić information content (AvgIpc) is 2.25. The molecule has 82 valence electrons. The Labute approximate surface area is 91.8 Å². The van der Waals surface area contributed by atoms with E-state index < -0.39 is 4.92 Å². The first-order valence-electron chi connectivity index (χ1n) is 4.43. The summed E-state index contributed by atoms with van der Waals surface area (Å²) < 4.78 is 0. The first-order chi connectivity index (χ1) is 7.59. The number of carbonyl (C=O) groups excluding carboxylic acids is 1. The zero-order valence-corrected chi connectivity index (χ0v) is 8.56. The number of nitro groups is 1. The van der Waals surface area contributed by atoms with Gasteiger partial charge in [0.2, 0.25) is 5.91 Å². The van der Waals surface area contributed by atoms with Crippen molar-refractivity contribution in [3.05, 3.63) is 34.1 Å². The van der Waals surface area contributed by atoms with Crippen molar-refractivity contribution >= 4 is 11.6 Å². The lowest BCUT2D eigenvalue weighted by Crippen LogP contribution is -2.19. The van der Waals surface area contributed by atoms with Crippen LogP contribution in [-0.2, 0) is 4.79 Å². The van der Waals surface area contributed by atoms with E-state index in [9.17, 15) is 14.9 Å². The average molecular weight is 219 g/mol. The molecule has 0 radical (unpaired) electrons. The van der Waals surface area contributed by atoms with Gasteiger partial charge in [0.05, 0.1) is 11.5 Å². The topological polar surface area (TPSA) is 85.1 Å². The van der Waals surface area contributed by atoms with Gasteiger partial charge in [-0.1, -0.05) is 5.92 Å². The highest BCUT2D eigenvalue weighted by molar-refractivity contribution is 5.73. The SMILES string of the molecule is CC(=O)NCC#Cc1ccc([N+](=O)[O-])cn1. The number of aromatic nitrogens is 1. The lowest BCUT2D eigenvalue weighted by atomic mass is 10.3. The summed E-state index contributed by atoms with van der Waals surface area (Å²) in [5.74, 6) is 5.17. The number of hydrogen-bond donors (Lipinski definition) is 1. The molecule has 0 aliphatic carbocycles. The molecule has 1 rings (SSSR count). The van der Waals surface area contributed by atoms with Crippen molar-refractivity contribution in [1.82, 2.24) is 10.3 Å². The number of hydrogen-bond acceptors (Lipinski definition) is 4. The molecule has 0 saturated heterocycles. The van der Waals surface area contributed by atoms with Gasteiger partial charge in [-0.05, 0) is 12.0 Å². The number of pyridine rings is 1. The summed E-state index contributed by atoms with van der Waals surface area (Å²) in [6.07, 6.45) is 1.14. The molecule has 1 amide bonds. The van der Waals surface area contributed by atoms with E-state index in [4.69, 9.17) is 0 Å². The minimum Gasteiger partial charge on any atom is -0.345 e. The third-order valence-corrected chi connectivity index (χ3v) is 1.60. The van der Waals surface area contributed by atoms with Crippen molar-refractivity contribution in [1.29, 1.82) is 0 Å². The third-order valence-electron chi connectivity index (χ3n) is 1.60. The predicted molar refractivity (Wildman–Crippen MR) is 56.5 cm³/mol. The normalized spacial score (nSPS) is 8.81. The molecule has 1 N–H and O–H groups in total. The molecule has 1 aromatic heterocycles. The minimum atomic E-state index is -0.526. The Morgan fingerprint density at radius 2 is 2.38 bits per heavy atom. The molecule has 0 saturated carbocycles. The molecule has 6 nitrogen and oxygen atoms in total. The van der Waals surface area contributed by atoms with Crippen molar-refractivity contribution in [2.75, 3.05) is 6.54 Å². The van der Waals surface area contributed by atoms with E-state index in [0.717, 1.165) is 6.20 Å². The fraction of sp³-hybridized carbons (Fsp3) is 0.200. The van der Waals surface area contributed by atoms with E-state index in [-0.39, 0.29) is 18.1 Å². The maximum absolute atomic E-state index is 10.5. The number of amides is 1. The summed E-state index contributed by atoms with van der Waals surface area (Å²) in [5.41, 5.74) is 0.350. The van der Waals surface area contributed by atoms with Crippen LogP contribution in [0.1, 0.15) is 12.6 Å². The van der Waals surface area contributed by atoms with E-state index >= 15 is 0 Å². The van der Waals surface area contributed by atoms with Gasteiger partial charge >= 0.3 is 0 Å². The van der Waals surface area contributed by atoms with Crippen LogP contribution >= 0.6 is 0 Å². The van der Waals surface area contributed by atoms with Crippen LogP contribution in [0.4, 0.5) is 5.69 Å². The number of nitrogens with zero attached hydrogens (tertiary/aromatic N) is 2. The molecule has 16 heavy (non-hydrogen) atoms. The van der Waals surface area contributed by atoms with Gasteiger partial charge in [-0.25, -0.2) is 4.98 Å². The number of carbonyl (C=O) groups is 1. The van der Waals surface area contributed by atoms with Crippen LogP contribution in [0.5, 0.6) is 0 Å². The monoisotopic (exact) mass is 219 g/mol. The van der Waals surface area contributed by atoms with E-state index in [0.29, 0.717) is 5.69 Å². The van der Waals surface area contributed by atoms with Crippen LogP contribution in [0.2, 0.25) is 0 Å². The van der Waals surface area contributed by atoms with Gasteiger partial charge < -0.3 is 5.32 Å². The second kappa shape index (κ2) is 5.46. The first kappa shape index (κ1) is 11.7. The van der Waals surface area contributed by atoms with Crippen LogP contribution in [-0.4, -0.2) is 22.4 Å². The van der Waals surface area contributed by atoms with Crippen molar-refractivity contribution in [3.63, 3.8) is 0 Å². The van der Waals surface area contributed by atoms with E-state index in [2.05, 4.69) is 22.1 Å². The van der Waals surface area contributed by atoms with Gasteiger partial charge in [-0.3, -0.25) is 14.9 Å². The first-order valence-corrected chi connectivity index (χ1v) is 4.43. The summed E-state index contributed by atoms with van der Waals surface area (Å²) in [6, 6.07) is 2.79. The lowest BCUT2D eigenvalue weighted by molar-refractivity contribution is -0.385. The van der Waals surface area contributed by atoms with Crippen LogP contribution in [0, 0.1) is 22.0 Å². The Balaban J connectivity index is 2.61. The smallest absolute Gasteiger partial charge is 0.287 e. The highest BCUT2D eigenvalue weighted by Gasteiger charge is 2.03. The van der Waals surface area contributed by atoms with Crippen LogP contribution < -0.4 is 5.32 Å². The summed E-state index contributed by atoms with van der Waals surface area (Å²) in [4.78, 5) is 24.1. The van der Waals surface area contributed by atoms with Gasteiger partial charge in [0.15, 0.2) is 0 Å². The van der Waals surface area contributed by atoms with Crippen molar-refractivity contribution < 1.29 is 9.72 Å². The van der Waals surface area contributed by atoms with Gasteiger partial charge in [-0.2, -0.15) is 0 Å². The van der Waals surface area contributed by atoms with Crippen LogP contribution in [0.3, 0.4) is 0 Å². The minimum absolute atomic E-state index is 0.0765. The Bertz CT molecular complexity index is 456. The second-order valence-electron chi connectivity index (χ2n) is 2.87. The highest BCUT2D eigenvalue weighted by atomic mass is 16.6. The van der Waals surface area contributed by atoms with Crippen molar-refractivity contribution in [3.8, 4) is 11.8 Å². The molecular weight excluding hydrogens is 210 g/mol. The molecule has 0 aromatic carbocycles. The molecule has 0 spiro atoms. The maximum atomic E-state index is 10.5. The summed E-state index contributed by atoms with van der Waals surface area (Å²) in [6.45, 7) is 1.62. The van der Waals surface area contributed by atoms with Gasteiger partial charge in [0, 0.05) is 13.0 Å². The van der Waals surface area contributed by atoms with Gasteiger partial charge in [0.1, 0.15) is 11.9 Å². The summed E-state index contributed by atoms with van der Waals surface area (Å²) in [5, 5.41) is 12.8. The van der Waals surface area contributed by atoms with E-state index in [1.807, 2.05) is 0 Å². The molecule has 0 atom stereocenters. The van der Waals surface area contributed by atoms with Gasteiger partial charge in [0.25, 0.3) is 5.69 Å². The standard InChI is InChI=1S/C10H9N3O3/c1-8(14)11-6-2-3-9-4-5-10(7-12-9)13(15)16/h4-5,7H,6H2,1H3,(H,11,14). The van der Waals surface area contributed by atoms with Crippen molar-refractivity contribution in [2.45, 2.75) is 6.92 Å². The molecule has 0 bridgehead atoms. The third kappa shape index (κ3) is 3.75. The van der Waals surface area contributed by atoms with Crippen molar-refractivity contribution in [2.24, 2.45) is 0 Å². The quantitative estimate of drug-likeness (QED) is 0.445. The Kier molecular flexibility index (Phi) is 3.98. The molecule has 0 aliphatic heterocycles.